The zero-order valence-corrected chi connectivity index (χ0v) is 20.2. The summed E-state index contributed by atoms with van der Waals surface area (Å²) >= 11 is 0. The molecule has 0 bridgehead atoms. The summed E-state index contributed by atoms with van der Waals surface area (Å²) in [6.07, 6.45) is 3.14. The van der Waals surface area contributed by atoms with Crippen molar-refractivity contribution in [1.29, 1.82) is 5.26 Å². The van der Waals surface area contributed by atoms with Crippen LogP contribution in [-0.2, 0) is 11.2 Å². The van der Waals surface area contributed by atoms with Crippen molar-refractivity contribution in [2.75, 3.05) is 13.1 Å². The van der Waals surface area contributed by atoms with Gasteiger partial charge in [-0.1, -0.05) is 50.6 Å². The summed E-state index contributed by atoms with van der Waals surface area (Å²) in [5.74, 6) is -1.72. The fraction of sp³-hybridized carbons (Fsp3) is 0.625. The van der Waals surface area contributed by atoms with Crippen molar-refractivity contribution in [1.82, 2.24) is 15.5 Å². The number of amides is 3. The number of aryl methyl sites for hydroxylation is 1. The van der Waals surface area contributed by atoms with E-state index in [0.717, 1.165) is 30.4 Å². The van der Waals surface area contributed by atoms with Crippen LogP contribution in [0, 0.1) is 29.6 Å². The van der Waals surface area contributed by atoms with Crippen LogP contribution in [-0.4, -0.2) is 59.1 Å². The molecule has 9 heteroatoms. The first-order valence-electron chi connectivity index (χ1n) is 11.7. The number of hydrogen-bond donors (Lipinski definition) is 4. The molecule has 4 N–H and O–H groups in total. The molecule has 3 amide bonds. The predicted octanol–water partition coefficient (Wildman–Crippen LogP) is 2.17. The normalized spacial score (nSPS) is 17.7. The third-order valence-corrected chi connectivity index (χ3v) is 6.05. The van der Waals surface area contributed by atoms with Crippen LogP contribution in [0.25, 0.3) is 0 Å². The SMILES string of the molecule is Cc1ccc(C[C@H](NC(=O)NC[C@@H]2CCCN2C(=O)C(C#N)CCC(C)(C)C)B(O)O)cc1. The minimum absolute atomic E-state index is 0.0474. The van der Waals surface area contributed by atoms with E-state index >= 15 is 0 Å². The van der Waals surface area contributed by atoms with Crippen molar-refractivity contribution in [3.63, 3.8) is 0 Å². The van der Waals surface area contributed by atoms with Crippen LogP contribution >= 0.6 is 0 Å². The Kier molecular flexibility index (Phi) is 9.75. The minimum atomic E-state index is -1.71. The van der Waals surface area contributed by atoms with Gasteiger partial charge in [-0.15, -0.1) is 0 Å². The average molecular weight is 456 g/mol. The van der Waals surface area contributed by atoms with Crippen molar-refractivity contribution in [3.05, 3.63) is 35.4 Å². The molecule has 1 fully saturated rings. The Balaban J connectivity index is 1.89. The molecule has 180 valence electrons. The fourth-order valence-corrected chi connectivity index (χ4v) is 4.00. The molecular weight excluding hydrogens is 419 g/mol. The first-order valence-corrected chi connectivity index (χ1v) is 11.7. The number of benzene rings is 1. The van der Waals surface area contributed by atoms with Crippen LogP contribution in [0.2, 0.25) is 0 Å². The summed E-state index contributed by atoms with van der Waals surface area (Å²) in [6, 6.07) is 9.08. The summed E-state index contributed by atoms with van der Waals surface area (Å²) in [7, 11) is -1.71. The summed E-state index contributed by atoms with van der Waals surface area (Å²) in [5.41, 5.74) is 2.02. The van der Waals surface area contributed by atoms with E-state index < -0.39 is 25.0 Å². The van der Waals surface area contributed by atoms with Gasteiger partial charge in [0, 0.05) is 19.1 Å². The van der Waals surface area contributed by atoms with Crippen molar-refractivity contribution in [2.45, 2.75) is 71.8 Å². The van der Waals surface area contributed by atoms with Gasteiger partial charge in [0.05, 0.1) is 12.0 Å². The molecule has 8 nitrogen and oxygen atoms in total. The van der Waals surface area contributed by atoms with Gasteiger partial charge in [0.15, 0.2) is 0 Å². The van der Waals surface area contributed by atoms with E-state index in [1.807, 2.05) is 31.2 Å². The zero-order chi connectivity index (χ0) is 24.6. The van der Waals surface area contributed by atoms with Gasteiger partial charge in [-0.05, 0) is 50.0 Å². The van der Waals surface area contributed by atoms with Crippen LogP contribution in [0.15, 0.2) is 24.3 Å². The molecule has 0 radical (unpaired) electrons. The number of likely N-dealkylation sites (tertiary alicyclic amines) is 1. The standard InChI is InChI=1S/C24H37BN4O4/c1-17-7-9-18(10-8-17)14-21(25(32)33)28-23(31)27-16-20-6-5-13-29(20)22(30)19(15-26)11-12-24(2,3)4/h7-10,19-21,32-33H,5-6,11-14,16H2,1-4H3,(H2,27,28,31)/t19?,20-,21-/m0/s1. The molecule has 0 spiro atoms. The summed E-state index contributed by atoms with van der Waals surface area (Å²) in [6.45, 7) is 9.04. The van der Waals surface area contributed by atoms with Gasteiger partial charge in [0.2, 0.25) is 5.91 Å². The highest BCUT2D eigenvalue weighted by Gasteiger charge is 2.34. The van der Waals surface area contributed by atoms with Crippen molar-refractivity contribution in [3.8, 4) is 6.07 Å². The van der Waals surface area contributed by atoms with Gasteiger partial charge in [-0.25, -0.2) is 4.79 Å². The van der Waals surface area contributed by atoms with Gasteiger partial charge in [-0.3, -0.25) is 4.79 Å². The van der Waals surface area contributed by atoms with E-state index in [1.54, 1.807) is 4.90 Å². The smallest absolute Gasteiger partial charge is 0.426 e. The van der Waals surface area contributed by atoms with Gasteiger partial charge in [-0.2, -0.15) is 5.26 Å². The zero-order valence-electron chi connectivity index (χ0n) is 20.2. The van der Waals surface area contributed by atoms with E-state index in [4.69, 9.17) is 0 Å². The maximum atomic E-state index is 13.0. The molecule has 0 aliphatic carbocycles. The maximum absolute atomic E-state index is 13.0. The number of carbonyl (C=O) groups is 2. The molecule has 1 aliphatic rings. The molecule has 1 unspecified atom stereocenters. The monoisotopic (exact) mass is 456 g/mol. The number of rotatable bonds is 9. The lowest BCUT2D eigenvalue weighted by Crippen LogP contribution is -2.53. The van der Waals surface area contributed by atoms with Crippen LogP contribution in [0.5, 0.6) is 0 Å². The summed E-state index contributed by atoms with van der Waals surface area (Å²) in [4.78, 5) is 27.1. The lowest BCUT2D eigenvalue weighted by Gasteiger charge is -2.28. The van der Waals surface area contributed by atoms with Crippen LogP contribution in [0.4, 0.5) is 4.79 Å². The fourth-order valence-electron chi connectivity index (χ4n) is 4.00. The first-order chi connectivity index (χ1) is 15.5. The lowest BCUT2D eigenvalue weighted by atomic mass is 9.76. The molecule has 2 rings (SSSR count). The van der Waals surface area contributed by atoms with Crippen molar-refractivity contribution >= 4 is 19.1 Å². The second kappa shape index (κ2) is 12.1. The Hall–Kier alpha value is -2.57. The number of nitriles is 1. The highest BCUT2D eigenvalue weighted by Crippen LogP contribution is 2.26. The third kappa shape index (κ3) is 8.71. The highest BCUT2D eigenvalue weighted by molar-refractivity contribution is 6.43. The molecule has 1 saturated heterocycles. The molecule has 33 heavy (non-hydrogen) atoms. The Bertz CT molecular complexity index is 832. The Labute approximate surface area is 197 Å². The van der Waals surface area contributed by atoms with E-state index in [0.29, 0.717) is 13.0 Å². The van der Waals surface area contributed by atoms with Gasteiger partial charge in [0.25, 0.3) is 0 Å². The van der Waals surface area contributed by atoms with Gasteiger partial charge in [0.1, 0.15) is 5.92 Å². The molecular formula is C24H37BN4O4. The topological polar surface area (TPSA) is 126 Å². The molecule has 1 heterocycles. The van der Waals surface area contributed by atoms with Crippen LogP contribution < -0.4 is 10.6 Å². The first kappa shape index (κ1) is 26.7. The Morgan fingerprint density at radius 2 is 1.94 bits per heavy atom. The third-order valence-electron chi connectivity index (χ3n) is 6.05. The van der Waals surface area contributed by atoms with Gasteiger partial charge >= 0.3 is 13.1 Å². The maximum Gasteiger partial charge on any atom is 0.475 e. The van der Waals surface area contributed by atoms with E-state index in [2.05, 4.69) is 37.5 Å². The number of nitrogens with zero attached hydrogens (tertiary/aromatic N) is 2. The molecule has 1 aromatic rings. The number of carbonyl (C=O) groups excluding carboxylic acids is 2. The second-order valence-electron chi connectivity index (χ2n) is 10.2. The highest BCUT2D eigenvalue weighted by atomic mass is 16.4. The molecule has 1 aromatic carbocycles. The lowest BCUT2D eigenvalue weighted by molar-refractivity contribution is -0.134. The number of hydrogen-bond acceptors (Lipinski definition) is 5. The second-order valence-corrected chi connectivity index (χ2v) is 10.2. The quantitative estimate of drug-likeness (QED) is 0.424. The number of urea groups is 1. The molecule has 1 aliphatic heterocycles. The summed E-state index contributed by atoms with van der Waals surface area (Å²) < 4.78 is 0. The number of nitrogens with one attached hydrogen (secondary N) is 2. The summed E-state index contributed by atoms with van der Waals surface area (Å²) in [5, 5.41) is 34.3. The van der Waals surface area contributed by atoms with E-state index in [-0.39, 0.29) is 30.3 Å². The minimum Gasteiger partial charge on any atom is -0.426 e. The molecule has 3 atom stereocenters. The van der Waals surface area contributed by atoms with Crippen molar-refractivity contribution in [2.24, 2.45) is 11.3 Å². The molecule has 0 aromatic heterocycles. The predicted molar refractivity (Wildman–Crippen MR) is 128 cm³/mol. The van der Waals surface area contributed by atoms with E-state index in [9.17, 15) is 24.9 Å². The Morgan fingerprint density at radius 1 is 1.27 bits per heavy atom. The van der Waals surface area contributed by atoms with E-state index in [1.165, 1.54) is 0 Å². The van der Waals surface area contributed by atoms with Crippen LogP contribution in [0.3, 0.4) is 0 Å². The van der Waals surface area contributed by atoms with Crippen LogP contribution in [0.1, 0.15) is 57.6 Å². The largest absolute Gasteiger partial charge is 0.475 e. The van der Waals surface area contributed by atoms with Gasteiger partial charge < -0.3 is 25.6 Å². The van der Waals surface area contributed by atoms with Crippen molar-refractivity contribution < 1.29 is 19.6 Å². The average Bonchev–Trinajstić information content (AvgIpc) is 3.21. The Morgan fingerprint density at radius 3 is 2.52 bits per heavy atom. The molecule has 0 saturated carbocycles.